The topological polar surface area (TPSA) is 108 Å². The highest BCUT2D eigenvalue weighted by atomic mass is 19.1. The van der Waals surface area contributed by atoms with Crippen LogP contribution in [0.2, 0.25) is 0 Å². The molecule has 0 amide bonds. The number of rotatable bonds is 7. The molecule has 0 unspecified atom stereocenters. The molecule has 10 nitrogen and oxygen atoms in total. The number of hydrogen-bond acceptors (Lipinski definition) is 8. The molecule has 0 fully saturated rings. The van der Waals surface area contributed by atoms with Gasteiger partial charge in [0.15, 0.2) is 5.65 Å². The Bertz CT molecular complexity index is 1190. The third-order valence-electron chi connectivity index (χ3n) is 4.35. The molecule has 0 aliphatic rings. The van der Waals surface area contributed by atoms with E-state index in [4.69, 9.17) is 4.74 Å². The van der Waals surface area contributed by atoms with Crippen LogP contribution >= 0.6 is 0 Å². The van der Waals surface area contributed by atoms with Crippen molar-refractivity contribution >= 4 is 28.6 Å². The first-order valence-electron chi connectivity index (χ1n) is 8.95. The number of imidazole rings is 1. The highest BCUT2D eigenvalue weighted by molar-refractivity contribution is 5.89. The second-order valence-corrected chi connectivity index (χ2v) is 6.62. The van der Waals surface area contributed by atoms with Gasteiger partial charge in [-0.25, -0.2) is 13.8 Å². The lowest BCUT2D eigenvalue weighted by molar-refractivity contribution is 0.183. The van der Waals surface area contributed by atoms with Crippen LogP contribution in [0.4, 0.5) is 26.4 Å². The summed E-state index contributed by atoms with van der Waals surface area (Å²) in [5.74, 6) is -0.304. The van der Waals surface area contributed by atoms with E-state index in [9.17, 15) is 8.78 Å². The van der Waals surface area contributed by atoms with Crippen LogP contribution in [0.5, 0.6) is 0 Å². The summed E-state index contributed by atoms with van der Waals surface area (Å²) in [4.78, 5) is 17.1. The van der Waals surface area contributed by atoms with Crippen LogP contribution < -0.4 is 10.6 Å². The Morgan fingerprint density at radius 1 is 1.17 bits per heavy atom. The van der Waals surface area contributed by atoms with Crippen LogP contribution in [0.1, 0.15) is 11.7 Å². The molecular formula is C18H19F2N9O. The molecule has 4 rings (SSSR count). The molecule has 30 heavy (non-hydrogen) atoms. The van der Waals surface area contributed by atoms with Gasteiger partial charge in [-0.2, -0.15) is 15.1 Å². The molecule has 0 spiro atoms. The highest BCUT2D eigenvalue weighted by Crippen LogP contribution is 2.26. The van der Waals surface area contributed by atoms with Gasteiger partial charge in [-0.05, 0) is 0 Å². The first-order chi connectivity index (χ1) is 14.4. The number of methoxy groups -OCH3 is 1. The van der Waals surface area contributed by atoms with E-state index < -0.39 is 17.7 Å². The number of fused-ring (bicyclic) bond motifs is 1. The quantitative estimate of drug-likeness (QED) is 0.474. The van der Waals surface area contributed by atoms with Crippen molar-refractivity contribution in [2.24, 2.45) is 14.1 Å². The fourth-order valence-electron chi connectivity index (χ4n) is 2.97. The minimum Gasteiger partial charge on any atom is -0.382 e. The van der Waals surface area contributed by atoms with Crippen LogP contribution in [-0.4, -0.2) is 48.0 Å². The number of hydrogen-bond donors (Lipinski definition) is 2. The largest absolute Gasteiger partial charge is 0.382 e. The molecule has 1 atom stereocenters. The van der Waals surface area contributed by atoms with Gasteiger partial charge in [0.1, 0.15) is 29.0 Å². The molecule has 0 aliphatic heterocycles. The van der Waals surface area contributed by atoms with Crippen molar-refractivity contribution in [3.8, 4) is 0 Å². The van der Waals surface area contributed by atoms with Crippen molar-refractivity contribution in [3.05, 3.63) is 48.3 Å². The number of aromatic nitrogens is 7. The van der Waals surface area contributed by atoms with Crippen LogP contribution in [0.3, 0.4) is 0 Å². The summed E-state index contributed by atoms with van der Waals surface area (Å²) in [6, 6.07) is 0.0234. The molecule has 4 heterocycles. The summed E-state index contributed by atoms with van der Waals surface area (Å²) < 4.78 is 36.1. The number of nitrogens with one attached hydrogen (secondary N) is 2. The van der Waals surface area contributed by atoms with E-state index >= 15 is 0 Å². The summed E-state index contributed by atoms with van der Waals surface area (Å²) >= 11 is 0. The molecule has 0 radical (unpaired) electrons. The van der Waals surface area contributed by atoms with Crippen LogP contribution in [0.15, 0.2) is 31.0 Å². The van der Waals surface area contributed by atoms with E-state index in [-0.39, 0.29) is 18.2 Å². The Kier molecular flexibility index (Phi) is 5.23. The predicted octanol–water partition coefficient (Wildman–Crippen LogP) is 2.31. The average molecular weight is 415 g/mol. The summed E-state index contributed by atoms with van der Waals surface area (Å²) in [7, 11) is 5.07. The smallest absolute Gasteiger partial charge is 0.227 e. The van der Waals surface area contributed by atoms with Gasteiger partial charge >= 0.3 is 0 Å². The zero-order valence-electron chi connectivity index (χ0n) is 16.5. The van der Waals surface area contributed by atoms with Crippen molar-refractivity contribution in [1.82, 2.24) is 34.3 Å². The Labute approximate surface area is 170 Å². The second kappa shape index (κ2) is 7.99. The molecule has 2 N–H and O–H groups in total. The Balaban J connectivity index is 1.72. The van der Waals surface area contributed by atoms with E-state index in [0.717, 1.165) is 12.3 Å². The van der Waals surface area contributed by atoms with E-state index in [2.05, 4.69) is 35.7 Å². The van der Waals surface area contributed by atoms with Gasteiger partial charge in [0.2, 0.25) is 5.95 Å². The van der Waals surface area contributed by atoms with E-state index in [1.807, 2.05) is 7.05 Å². The number of aryl methyl sites for hydroxylation is 2. The summed E-state index contributed by atoms with van der Waals surface area (Å²) in [5, 5.41) is 11.1. The molecular weight excluding hydrogens is 396 g/mol. The third-order valence-corrected chi connectivity index (χ3v) is 4.35. The Hall–Kier alpha value is -3.67. The standard InChI is InChI=1S/C18H19F2N9O/c1-28-7-14(22-9-28)25-16-11-6-23-29(2)17(11)27-18(26-16)24-13(8-30-3)15-12(20)4-10(19)5-21-15/h4-7,9,13H,8H2,1-3H3,(H2,24,25,26,27)/t13-/m1/s1. The first-order valence-corrected chi connectivity index (χ1v) is 8.95. The molecule has 0 saturated carbocycles. The summed E-state index contributed by atoms with van der Waals surface area (Å²) in [6.07, 6.45) is 6.03. The van der Waals surface area contributed by atoms with E-state index in [1.54, 1.807) is 35.0 Å². The SMILES string of the molecule is COC[C@@H](Nc1nc(Nc2cn(C)cn2)c2cnn(C)c2n1)c1ncc(F)cc1F. The lowest BCUT2D eigenvalue weighted by Gasteiger charge is -2.18. The predicted molar refractivity (Wildman–Crippen MR) is 105 cm³/mol. The lowest BCUT2D eigenvalue weighted by Crippen LogP contribution is -2.21. The second-order valence-electron chi connectivity index (χ2n) is 6.62. The molecule has 12 heteroatoms. The van der Waals surface area contributed by atoms with Crippen LogP contribution in [0.25, 0.3) is 11.0 Å². The number of pyridine rings is 1. The van der Waals surface area contributed by atoms with Gasteiger partial charge in [-0.3, -0.25) is 9.67 Å². The Morgan fingerprint density at radius 3 is 2.70 bits per heavy atom. The lowest BCUT2D eigenvalue weighted by atomic mass is 10.2. The highest BCUT2D eigenvalue weighted by Gasteiger charge is 2.21. The van der Waals surface area contributed by atoms with Gasteiger partial charge in [0.05, 0.1) is 36.8 Å². The molecule has 0 bridgehead atoms. The fraction of sp³-hybridized carbons (Fsp3) is 0.278. The maximum atomic E-state index is 14.3. The normalized spacial score (nSPS) is 12.3. The van der Waals surface area contributed by atoms with E-state index in [0.29, 0.717) is 22.7 Å². The van der Waals surface area contributed by atoms with Crippen molar-refractivity contribution in [1.29, 1.82) is 0 Å². The fourth-order valence-corrected chi connectivity index (χ4v) is 2.97. The number of anilines is 3. The summed E-state index contributed by atoms with van der Waals surface area (Å²) in [6.45, 7) is 0.0609. The van der Waals surface area contributed by atoms with Gasteiger partial charge in [0.25, 0.3) is 0 Å². The van der Waals surface area contributed by atoms with Gasteiger partial charge in [-0.15, -0.1) is 0 Å². The van der Waals surface area contributed by atoms with Gasteiger partial charge in [-0.1, -0.05) is 0 Å². The van der Waals surface area contributed by atoms with Crippen LogP contribution in [-0.2, 0) is 18.8 Å². The van der Waals surface area contributed by atoms with Crippen molar-refractivity contribution in [2.75, 3.05) is 24.4 Å². The molecule has 0 saturated heterocycles. The monoisotopic (exact) mass is 415 g/mol. The van der Waals surface area contributed by atoms with Crippen molar-refractivity contribution in [2.45, 2.75) is 6.04 Å². The van der Waals surface area contributed by atoms with Crippen molar-refractivity contribution < 1.29 is 13.5 Å². The average Bonchev–Trinajstić information content (AvgIpc) is 3.27. The van der Waals surface area contributed by atoms with Crippen molar-refractivity contribution in [3.63, 3.8) is 0 Å². The van der Waals surface area contributed by atoms with Crippen LogP contribution in [0, 0.1) is 11.6 Å². The molecule has 4 aromatic heterocycles. The number of ether oxygens (including phenoxy) is 1. The molecule has 0 aliphatic carbocycles. The zero-order valence-corrected chi connectivity index (χ0v) is 16.5. The molecule has 0 aromatic carbocycles. The Morgan fingerprint density at radius 2 is 2.00 bits per heavy atom. The maximum absolute atomic E-state index is 14.3. The minimum absolute atomic E-state index is 0.00816. The van der Waals surface area contributed by atoms with E-state index in [1.165, 1.54) is 7.11 Å². The number of halogens is 2. The zero-order chi connectivity index (χ0) is 21.3. The number of nitrogens with zero attached hydrogens (tertiary/aromatic N) is 7. The van der Waals surface area contributed by atoms with Gasteiger partial charge in [0, 0.05) is 33.5 Å². The minimum atomic E-state index is -0.794. The molecule has 4 aromatic rings. The summed E-state index contributed by atoms with van der Waals surface area (Å²) in [5.41, 5.74) is 0.542. The molecule has 156 valence electrons. The van der Waals surface area contributed by atoms with Gasteiger partial charge < -0.3 is 19.9 Å². The first kappa shape index (κ1) is 19.6. The third kappa shape index (κ3) is 3.89. The maximum Gasteiger partial charge on any atom is 0.227 e.